The molecule has 0 spiro atoms. The third kappa shape index (κ3) is 349. The summed E-state index contributed by atoms with van der Waals surface area (Å²) >= 11 is 10.5. The number of hydrogen-bond donors (Lipinski definition) is 1. The molecule has 0 aromatic rings. The summed E-state index contributed by atoms with van der Waals surface area (Å²) in [6, 6.07) is 0. The normalized spacial score (nSPS) is 3.70. The Kier molecular flexibility index (Phi) is 107. The average Bonchev–Trinajstić information content (AvgIpc) is 1.70. The molecule has 0 fully saturated rings. The van der Waals surface area contributed by atoms with Crippen LogP contribution in [0.1, 0.15) is 0 Å². The van der Waals surface area contributed by atoms with Crippen LogP contribution in [0, 0.1) is 0 Å². The summed E-state index contributed by atoms with van der Waals surface area (Å²) in [6.45, 7) is 0. The van der Waals surface area contributed by atoms with Crippen molar-refractivity contribution in [2.24, 2.45) is 0 Å². The molecule has 0 aliphatic rings. The first-order valence-electron chi connectivity index (χ1n) is 1.44. The van der Waals surface area contributed by atoms with E-state index in [9.17, 15) is 0 Å². The van der Waals surface area contributed by atoms with E-state index >= 15 is 0 Å². The van der Waals surface area contributed by atoms with Crippen LogP contribution in [0.25, 0.3) is 0 Å². The van der Waals surface area contributed by atoms with Gasteiger partial charge in [-0.3, -0.25) is 4.79 Å². The molecule has 0 aromatic heterocycles. The van der Waals surface area contributed by atoms with Gasteiger partial charge in [0.15, 0.2) is 5.62 Å². The second kappa shape index (κ2) is 47.7. The van der Waals surface area contributed by atoms with Gasteiger partial charge in [0.2, 0.25) is 0 Å². The van der Waals surface area contributed by atoms with Crippen LogP contribution in [0.15, 0.2) is 0 Å². The van der Waals surface area contributed by atoms with Crippen LogP contribution in [-0.4, -0.2) is 65.7 Å². The Hall–Kier alpha value is 1.37. The monoisotopic (exact) mass is 322 g/mol. The van der Waals surface area contributed by atoms with Gasteiger partial charge in [-0.1, -0.05) is 0 Å². The maximum atomic E-state index is 8.67. The topological polar surface area (TPSA) is 51.2 Å². The molecule has 3 nitrogen and oxygen atoms in total. The first kappa shape index (κ1) is 22.5. The van der Waals surface area contributed by atoms with E-state index in [1.165, 1.54) is 0 Å². The van der Waals surface area contributed by atoms with Crippen molar-refractivity contribution in [3.05, 3.63) is 0 Å². The molecule has 0 radical (unpaired) electrons. The van der Waals surface area contributed by atoms with Crippen LogP contribution < -0.4 is 0 Å². The third-order valence-corrected chi connectivity index (χ3v) is 0. The fraction of sp³-hybridized carbons (Fsp3) is 0. The van der Waals surface area contributed by atoms with Crippen LogP contribution in [0.5, 0.6) is 0 Å². The first-order chi connectivity index (χ1) is 4.24. The van der Waals surface area contributed by atoms with E-state index in [-0.39, 0.29) is 48.9 Å². The smallest absolute Gasteiger partial charge is 0.746 e. The number of hydrogen-bond acceptors (Lipinski definition) is 5. The molecule has 0 aliphatic carbocycles. The zero-order valence-electron chi connectivity index (χ0n) is 4.93. The molecule has 0 saturated heterocycles. The van der Waals surface area contributed by atoms with E-state index < -0.39 is 0 Å². The third-order valence-electron chi connectivity index (χ3n) is 0. The van der Waals surface area contributed by atoms with Crippen molar-refractivity contribution in [3.63, 3.8) is 0 Å². The molecule has 10 heavy (non-hydrogen) atoms. The van der Waals surface area contributed by atoms with Crippen molar-refractivity contribution in [2.45, 2.75) is 0 Å². The summed E-state index contributed by atoms with van der Waals surface area (Å²) < 4.78 is 0. The Morgan fingerprint density at radius 3 is 1.00 bits per heavy atom. The molecular weight excluding hydrogens is 318 g/mol. The van der Waals surface area contributed by atoms with Crippen molar-refractivity contribution < 1.29 is 14.4 Å². The summed E-state index contributed by atoms with van der Waals surface area (Å²) in [4.78, 5) is 25.9. The van der Waals surface area contributed by atoms with Crippen LogP contribution in [-0.2, 0) is 39.6 Å². The summed E-state index contributed by atoms with van der Waals surface area (Å²) in [7, 11) is 0. The van der Waals surface area contributed by atoms with Gasteiger partial charge >= 0.3 is 48.9 Å². The summed E-state index contributed by atoms with van der Waals surface area (Å²) in [6.07, 6.45) is 0. The van der Waals surface area contributed by atoms with Gasteiger partial charge in [0.1, 0.15) is 0 Å². The Morgan fingerprint density at radius 2 is 1.00 bits per heavy atom. The van der Waals surface area contributed by atoms with Gasteiger partial charge in [-0.05, 0) is 11.2 Å². The van der Waals surface area contributed by atoms with Gasteiger partial charge in [-0.15, -0.1) is 12.6 Å². The number of thiol groups is 1. The molecule has 0 saturated carbocycles. The fourth-order valence-corrected chi connectivity index (χ4v) is 0. The number of carbonyl (C=O) groups excluding carboxylic acids is 3. The molecule has 0 bridgehead atoms. The van der Waals surface area contributed by atoms with Crippen molar-refractivity contribution in [1.82, 2.24) is 0 Å². The zero-order chi connectivity index (χ0) is 8.12. The largest absolute Gasteiger partial charge is 2.00 e. The van der Waals surface area contributed by atoms with Gasteiger partial charge in [0, 0.05) is 0 Å². The predicted octanol–water partition coefficient (Wildman–Crippen LogP) is -0.827. The van der Waals surface area contributed by atoms with Gasteiger partial charge in [0.25, 0.3) is 0 Å². The van der Waals surface area contributed by atoms with E-state index in [2.05, 4.69) is 37.9 Å². The van der Waals surface area contributed by atoms with E-state index in [4.69, 9.17) is 14.4 Å². The molecule has 0 aromatic carbocycles. The van der Waals surface area contributed by atoms with Crippen LogP contribution in [0.4, 0.5) is 0 Å². The standard InChI is InChI=1S/3CH2OS.Ba/c3*2-1-3;/h3*1H,(H,2,3);/q;;;+2/p-2. The van der Waals surface area contributed by atoms with E-state index in [1.807, 2.05) is 0 Å². The maximum absolute atomic E-state index is 8.67. The van der Waals surface area contributed by atoms with Crippen LogP contribution in [0.3, 0.4) is 0 Å². The quantitative estimate of drug-likeness (QED) is 0.273. The molecular formula is C3H4BaO3S3. The van der Waals surface area contributed by atoms with E-state index in [0.717, 1.165) is 0 Å². The van der Waals surface area contributed by atoms with Crippen molar-refractivity contribution >= 4 is 104 Å². The fourth-order valence-electron chi connectivity index (χ4n) is 0. The Balaban J connectivity index is -0.0000000257. The van der Waals surface area contributed by atoms with Crippen LogP contribution >= 0.6 is 12.6 Å². The molecule has 0 heterocycles. The number of rotatable bonds is 0. The second-order valence-corrected chi connectivity index (χ2v) is 0.894. The zero-order valence-corrected chi connectivity index (χ0v) is 11.9. The first-order valence-corrected chi connectivity index (χ1v) is 2.90. The molecule has 0 N–H and O–H groups in total. The molecule has 0 rings (SSSR count). The second-order valence-electron chi connectivity index (χ2n) is 0.298. The minimum absolute atomic E-state index is 0. The van der Waals surface area contributed by atoms with Crippen molar-refractivity contribution in [3.8, 4) is 0 Å². The SMILES string of the molecule is O=CS.O=C[S-].O=C[S-].[Ba+2]. The van der Waals surface area contributed by atoms with Gasteiger partial charge in [-0.25, -0.2) is 0 Å². The Morgan fingerprint density at radius 1 is 1.00 bits per heavy atom. The van der Waals surface area contributed by atoms with Crippen LogP contribution in [0.2, 0.25) is 0 Å². The van der Waals surface area contributed by atoms with Gasteiger partial charge in [-0.2, -0.15) is 0 Å². The Bertz CT molecular complexity index is 55.7. The van der Waals surface area contributed by atoms with Crippen molar-refractivity contribution in [1.29, 1.82) is 0 Å². The molecule has 0 aliphatic heterocycles. The summed E-state index contributed by atoms with van der Waals surface area (Å²) in [5.41, 5.74) is 1.11. The molecule has 54 valence electrons. The minimum atomic E-state index is 0. The Labute approximate surface area is 116 Å². The molecule has 0 unspecified atom stereocenters. The molecule has 0 amide bonds. The van der Waals surface area contributed by atoms with E-state index in [1.54, 1.807) is 0 Å². The van der Waals surface area contributed by atoms with E-state index in [0.29, 0.717) is 16.9 Å². The summed E-state index contributed by atoms with van der Waals surface area (Å²) in [5, 5.41) is 0. The minimum Gasteiger partial charge on any atom is -0.746 e. The maximum Gasteiger partial charge on any atom is 2.00 e. The molecule has 7 heteroatoms. The van der Waals surface area contributed by atoms with Gasteiger partial charge in [0.05, 0.1) is 0 Å². The van der Waals surface area contributed by atoms with Gasteiger partial charge < -0.3 is 34.8 Å². The van der Waals surface area contributed by atoms with Crippen molar-refractivity contribution in [2.75, 3.05) is 0 Å². The molecule has 0 atom stereocenters. The predicted molar refractivity (Wildman–Crippen MR) is 49.7 cm³/mol. The average molecular weight is 322 g/mol. The summed E-state index contributed by atoms with van der Waals surface area (Å²) in [5.74, 6) is 0. The number of carbonyl (C=O) groups is 3.